The Morgan fingerprint density at radius 3 is 2.56 bits per heavy atom. The standard InChI is InChI=1S/C19H24N6/c1-12-9-16(7-8-20-12)19-15(4)22-17-5-6-18(23-25(17)19)24-10-13(2)21-14(3)11-24/h5-9,13-14,21H,10-11H2,1-4H3/t13-,14+. The van der Waals surface area contributed by atoms with Crippen LogP contribution in [0.15, 0.2) is 30.5 Å². The molecule has 0 bridgehead atoms. The Kier molecular flexibility index (Phi) is 3.92. The first-order valence-corrected chi connectivity index (χ1v) is 8.81. The Morgan fingerprint density at radius 1 is 1.08 bits per heavy atom. The zero-order valence-electron chi connectivity index (χ0n) is 15.2. The van der Waals surface area contributed by atoms with Gasteiger partial charge in [-0.2, -0.15) is 0 Å². The minimum Gasteiger partial charge on any atom is -0.352 e. The zero-order valence-corrected chi connectivity index (χ0v) is 15.2. The summed E-state index contributed by atoms with van der Waals surface area (Å²) in [5, 5.41) is 8.49. The number of fused-ring (bicyclic) bond motifs is 1. The van der Waals surface area contributed by atoms with Crippen molar-refractivity contribution in [1.29, 1.82) is 0 Å². The van der Waals surface area contributed by atoms with Crippen LogP contribution in [0, 0.1) is 13.8 Å². The zero-order chi connectivity index (χ0) is 17.6. The fourth-order valence-electron chi connectivity index (χ4n) is 3.74. The summed E-state index contributed by atoms with van der Waals surface area (Å²) in [6.45, 7) is 10.4. The van der Waals surface area contributed by atoms with Crippen molar-refractivity contribution in [2.24, 2.45) is 0 Å². The predicted molar refractivity (Wildman–Crippen MR) is 100.0 cm³/mol. The number of nitrogens with zero attached hydrogens (tertiary/aromatic N) is 5. The first kappa shape index (κ1) is 16.0. The number of anilines is 1. The molecule has 1 aliphatic rings. The van der Waals surface area contributed by atoms with Crippen LogP contribution in [0.2, 0.25) is 0 Å². The molecule has 1 aliphatic heterocycles. The molecule has 25 heavy (non-hydrogen) atoms. The van der Waals surface area contributed by atoms with E-state index in [-0.39, 0.29) is 0 Å². The van der Waals surface area contributed by atoms with Gasteiger partial charge in [0.2, 0.25) is 0 Å². The van der Waals surface area contributed by atoms with Gasteiger partial charge in [-0.3, -0.25) is 4.98 Å². The Morgan fingerprint density at radius 2 is 1.84 bits per heavy atom. The maximum absolute atomic E-state index is 4.93. The number of aromatic nitrogens is 4. The first-order chi connectivity index (χ1) is 12.0. The number of hydrogen-bond donors (Lipinski definition) is 1. The molecule has 2 atom stereocenters. The van der Waals surface area contributed by atoms with Gasteiger partial charge in [0, 0.05) is 42.6 Å². The van der Waals surface area contributed by atoms with Crippen LogP contribution in [0.1, 0.15) is 25.2 Å². The van der Waals surface area contributed by atoms with E-state index in [1.807, 2.05) is 30.6 Å². The topological polar surface area (TPSA) is 58.4 Å². The maximum Gasteiger partial charge on any atom is 0.154 e. The van der Waals surface area contributed by atoms with E-state index in [1.54, 1.807) is 0 Å². The van der Waals surface area contributed by atoms with Gasteiger partial charge in [-0.15, -0.1) is 5.10 Å². The normalized spacial score (nSPS) is 21.0. The third-order valence-electron chi connectivity index (χ3n) is 4.69. The number of aryl methyl sites for hydroxylation is 2. The summed E-state index contributed by atoms with van der Waals surface area (Å²) in [5.74, 6) is 0.997. The highest BCUT2D eigenvalue weighted by Gasteiger charge is 2.23. The van der Waals surface area contributed by atoms with Crippen molar-refractivity contribution in [3.8, 4) is 11.3 Å². The largest absolute Gasteiger partial charge is 0.352 e. The summed E-state index contributed by atoms with van der Waals surface area (Å²) in [6.07, 6.45) is 1.84. The Hall–Kier alpha value is -2.47. The third-order valence-corrected chi connectivity index (χ3v) is 4.69. The van der Waals surface area contributed by atoms with Gasteiger partial charge in [0.25, 0.3) is 0 Å². The average Bonchev–Trinajstić information content (AvgIpc) is 2.88. The number of piperazine rings is 1. The molecule has 0 amide bonds. The fraction of sp³-hybridized carbons (Fsp3) is 0.421. The van der Waals surface area contributed by atoms with E-state index in [4.69, 9.17) is 5.10 Å². The van der Waals surface area contributed by atoms with Gasteiger partial charge < -0.3 is 10.2 Å². The predicted octanol–water partition coefficient (Wildman–Crippen LogP) is 2.59. The smallest absolute Gasteiger partial charge is 0.154 e. The molecule has 0 aromatic carbocycles. The van der Waals surface area contributed by atoms with Gasteiger partial charge in [0.05, 0.1) is 11.4 Å². The number of imidazole rings is 1. The molecule has 4 rings (SSSR count). The summed E-state index contributed by atoms with van der Waals surface area (Å²) in [6, 6.07) is 9.14. The highest BCUT2D eigenvalue weighted by molar-refractivity contribution is 5.67. The van der Waals surface area contributed by atoms with E-state index >= 15 is 0 Å². The minimum absolute atomic E-state index is 0.452. The molecule has 0 aliphatic carbocycles. The van der Waals surface area contributed by atoms with Crippen LogP contribution in [-0.4, -0.2) is 44.8 Å². The van der Waals surface area contributed by atoms with Crippen molar-refractivity contribution in [2.75, 3.05) is 18.0 Å². The molecule has 3 aromatic heterocycles. The van der Waals surface area contributed by atoms with Gasteiger partial charge in [-0.05, 0) is 52.0 Å². The lowest BCUT2D eigenvalue weighted by Crippen LogP contribution is -2.54. The van der Waals surface area contributed by atoms with Crippen molar-refractivity contribution in [3.63, 3.8) is 0 Å². The summed E-state index contributed by atoms with van der Waals surface area (Å²) in [5.41, 5.74) is 5.00. The Balaban J connectivity index is 1.81. The van der Waals surface area contributed by atoms with Crippen molar-refractivity contribution in [1.82, 2.24) is 24.9 Å². The summed E-state index contributed by atoms with van der Waals surface area (Å²) in [4.78, 5) is 11.3. The van der Waals surface area contributed by atoms with Gasteiger partial charge in [-0.25, -0.2) is 9.50 Å². The number of rotatable bonds is 2. The molecule has 0 radical (unpaired) electrons. The maximum atomic E-state index is 4.93. The monoisotopic (exact) mass is 336 g/mol. The second-order valence-electron chi connectivity index (χ2n) is 7.07. The summed E-state index contributed by atoms with van der Waals surface area (Å²) < 4.78 is 1.97. The highest BCUT2D eigenvalue weighted by Crippen LogP contribution is 2.26. The van der Waals surface area contributed by atoms with Crippen molar-refractivity contribution in [2.45, 2.75) is 39.8 Å². The van der Waals surface area contributed by atoms with E-state index in [0.29, 0.717) is 12.1 Å². The highest BCUT2D eigenvalue weighted by atomic mass is 15.4. The lowest BCUT2D eigenvalue weighted by Gasteiger charge is -2.36. The summed E-state index contributed by atoms with van der Waals surface area (Å²) in [7, 11) is 0. The van der Waals surface area contributed by atoms with Gasteiger partial charge >= 0.3 is 0 Å². The van der Waals surface area contributed by atoms with Crippen LogP contribution in [0.3, 0.4) is 0 Å². The van der Waals surface area contributed by atoms with Crippen LogP contribution in [-0.2, 0) is 0 Å². The number of nitrogens with one attached hydrogen (secondary N) is 1. The molecular formula is C19H24N6. The summed E-state index contributed by atoms with van der Waals surface area (Å²) >= 11 is 0. The van der Waals surface area contributed by atoms with Crippen molar-refractivity contribution < 1.29 is 0 Å². The average molecular weight is 336 g/mol. The minimum atomic E-state index is 0.452. The molecule has 1 saturated heterocycles. The molecule has 1 fully saturated rings. The second-order valence-corrected chi connectivity index (χ2v) is 7.07. The van der Waals surface area contributed by atoms with Crippen LogP contribution in [0.5, 0.6) is 0 Å². The fourth-order valence-corrected chi connectivity index (χ4v) is 3.74. The number of hydrogen-bond acceptors (Lipinski definition) is 5. The van der Waals surface area contributed by atoms with Gasteiger partial charge in [-0.1, -0.05) is 0 Å². The number of pyridine rings is 1. The SMILES string of the molecule is Cc1cc(-c2c(C)nc3ccc(N4C[C@@H](C)N[C@@H](C)C4)nn23)ccn1. The van der Waals surface area contributed by atoms with E-state index in [9.17, 15) is 0 Å². The second kappa shape index (κ2) is 6.11. The molecule has 0 unspecified atom stereocenters. The molecular weight excluding hydrogens is 312 g/mol. The molecule has 4 heterocycles. The van der Waals surface area contributed by atoms with E-state index in [2.05, 4.69) is 52.2 Å². The lowest BCUT2D eigenvalue weighted by atomic mass is 10.1. The van der Waals surface area contributed by atoms with E-state index in [1.165, 1.54) is 0 Å². The first-order valence-electron chi connectivity index (χ1n) is 8.81. The Bertz CT molecular complexity index is 905. The van der Waals surface area contributed by atoms with Crippen LogP contribution in [0.4, 0.5) is 5.82 Å². The van der Waals surface area contributed by atoms with Crippen LogP contribution >= 0.6 is 0 Å². The van der Waals surface area contributed by atoms with E-state index in [0.717, 1.165) is 47.2 Å². The molecule has 1 N–H and O–H groups in total. The lowest BCUT2D eigenvalue weighted by molar-refractivity contribution is 0.404. The molecule has 3 aromatic rings. The molecule has 6 nitrogen and oxygen atoms in total. The van der Waals surface area contributed by atoms with Gasteiger partial charge in [0.15, 0.2) is 5.65 Å². The molecule has 6 heteroatoms. The third kappa shape index (κ3) is 2.98. The quantitative estimate of drug-likeness (QED) is 0.779. The van der Waals surface area contributed by atoms with Crippen molar-refractivity contribution in [3.05, 3.63) is 41.9 Å². The molecule has 0 spiro atoms. The van der Waals surface area contributed by atoms with Gasteiger partial charge in [0.1, 0.15) is 5.82 Å². The van der Waals surface area contributed by atoms with Crippen molar-refractivity contribution >= 4 is 11.5 Å². The Labute approximate surface area is 147 Å². The van der Waals surface area contributed by atoms with E-state index < -0.39 is 0 Å². The molecule has 130 valence electrons. The van der Waals surface area contributed by atoms with Crippen LogP contribution < -0.4 is 10.2 Å². The van der Waals surface area contributed by atoms with Crippen LogP contribution in [0.25, 0.3) is 16.9 Å². The molecule has 0 saturated carbocycles.